The number of aromatic nitrogens is 3. The lowest BCUT2D eigenvalue weighted by Crippen LogP contribution is -2.21. The van der Waals surface area contributed by atoms with Crippen LogP contribution in [-0.2, 0) is 4.74 Å². The quantitative estimate of drug-likeness (QED) is 0.651. The van der Waals surface area contributed by atoms with E-state index in [0.29, 0.717) is 35.6 Å². The number of anilines is 2. The maximum absolute atomic E-state index is 6.11. The Balaban J connectivity index is 1.52. The third kappa shape index (κ3) is 4.93. The van der Waals surface area contributed by atoms with Gasteiger partial charge in [0.05, 0.1) is 12.8 Å². The monoisotopic (exact) mass is 384 g/mol. The number of pyridine rings is 2. The zero-order valence-corrected chi connectivity index (χ0v) is 15.5. The van der Waals surface area contributed by atoms with Gasteiger partial charge in [-0.05, 0) is 30.9 Å². The summed E-state index contributed by atoms with van der Waals surface area (Å²) in [4.78, 5) is 12.7. The van der Waals surface area contributed by atoms with Crippen molar-refractivity contribution in [1.82, 2.24) is 15.0 Å². The molecule has 0 saturated carbocycles. The van der Waals surface area contributed by atoms with Gasteiger partial charge in [0.1, 0.15) is 11.5 Å². The van der Waals surface area contributed by atoms with E-state index in [4.69, 9.17) is 14.2 Å². The van der Waals surface area contributed by atoms with Crippen LogP contribution < -0.4 is 14.8 Å². The summed E-state index contributed by atoms with van der Waals surface area (Å²) in [5.74, 6) is 3.05. The highest BCUT2D eigenvalue weighted by Crippen LogP contribution is 2.32. The van der Waals surface area contributed by atoms with Crippen LogP contribution in [0, 0.1) is 5.92 Å². The average molecular weight is 384 g/mol. The van der Waals surface area contributed by atoms with Crippen molar-refractivity contribution < 1.29 is 14.2 Å². The first-order valence-corrected chi connectivity index (χ1v) is 9.70. The predicted molar refractivity (Wildman–Crippen MR) is 103 cm³/mol. The SMILES string of the molecule is c1cc(Oc2cnc(Nc3nccs3)c(OCC3CCOCC3)c2)ccn1. The van der Waals surface area contributed by atoms with E-state index in [1.165, 1.54) is 11.3 Å². The van der Waals surface area contributed by atoms with Crippen molar-refractivity contribution in [2.24, 2.45) is 5.92 Å². The highest BCUT2D eigenvalue weighted by atomic mass is 32.1. The number of nitrogens with zero attached hydrogens (tertiary/aromatic N) is 3. The molecule has 0 amide bonds. The van der Waals surface area contributed by atoms with Gasteiger partial charge in [-0.25, -0.2) is 9.97 Å². The Kier molecular flexibility index (Phi) is 5.76. The Bertz CT molecular complexity index is 839. The molecule has 1 fully saturated rings. The van der Waals surface area contributed by atoms with Crippen molar-refractivity contribution >= 4 is 22.3 Å². The Morgan fingerprint density at radius 2 is 1.96 bits per heavy atom. The van der Waals surface area contributed by atoms with Crippen molar-refractivity contribution in [3.8, 4) is 17.2 Å². The van der Waals surface area contributed by atoms with Crippen LogP contribution in [0.2, 0.25) is 0 Å². The summed E-state index contributed by atoms with van der Waals surface area (Å²) >= 11 is 1.51. The molecule has 0 aromatic carbocycles. The molecule has 0 unspecified atom stereocenters. The van der Waals surface area contributed by atoms with Crippen molar-refractivity contribution in [3.05, 3.63) is 48.4 Å². The number of nitrogens with one attached hydrogen (secondary N) is 1. The van der Waals surface area contributed by atoms with Crippen molar-refractivity contribution in [2.45, 2.75) is 12.8 Å². The molecule has 0 bridgehead atoms. The van der Waals surface area contributed by atoms with Crippen molar-refractivity contribution in [3.63, 3.8) is 0 Å². The lowest BCUT2D eigenvalue weighted by molar-refractivity contribution is 0.0498. The van der Waals surface area contributed by atoms with Crippen LogP contribution in [0.1, 0.15) is 12.8 Å². The number of ether oxygens (including phenoxy) is 3. The first-order chi connectivity index (χ1) is 13.4. The number of thiazole rings is 1. The molecule has 4 rings (SSSR count). The summed E-state index contributed by atoms with van der Waals surface area (Å²) in [5, 5.41) is 5.89. The van der Waals surface area contributed by atoms with Gasteiger partial charge in [0, 0.05) is 43.3 Å². The van der Waals surface area contributed by atoms with Crippen LogP contribution in [0.25, 0.3) is 0 Å². The maximum Gasteiger partial charge on any atom is 0.188 e. The maximum atomic E-state index is 6.11. The molecule has 0 atom stereocenters. The molecule has 1 aliphatic rings. The molecular formula is C19H20N4O3S. The smallest absolute Gasteiger partial charge is 0.188 e. The first-order valence-electron chi connectivity index (χ1n) is 8.82. The van der Waals surface area contributed by atoms with Gasteiger partial charge in [-0.2, -0.15) is 0 Å². The second-order valence-corrected chi connectivity index (χ2v) is 7.03. The highest BCUT2D eigenvalue weighted by molar-refractivity contribution is 7.13. The topological polar surface area (TPSA) is 78.4 Å². The van der Waals surface area contributed by atoms with Gasteiger partial charge in [-0.1, -0.05) is 0 Å². The molecule has 1 aliphatic heterocycles. The second kappa shape index (κ2) is 8.79. The largest absolute Gasteiger partial charge is 0.489 e. The van der Waals surface area contributed by atoms with Crippen LogP contribution in [0.5, 0.6) is 17.2 Å². The molecular weight excluding hydrogens is 364 g/mol. The van der Waals surface area contributed by atoms with E-state index in [9.17, 15) is 0 Å². The molecule has 1 N–H and O–H groups in total. The summed E-state index contributed by atoms with van der Waals surface area (Å²) in [7, 11) is 0. The van der Waals surface area contributed by atoms with E-state index in [-0.39, 0.29) is 0 Å². The van der Waals surface area contributed by atoms with Crippen LogP contribution >= 0.6 is 11.3 Å². The molecule has 27 heavy (non-hydrogen) atoms. The normalized spacial score (nSPS) is 14.7. The molecule has 0 aliphatic carbocycles. The number of hydrogen-bond acceptors (Lipinski definition) is 8. The molecule has 8 heteroatoms. The van der Waals surface area contributed by atoms with E-state index in [1.807, 2.05) is 11.4 Å². The minimum atomic E-state index is 0.483. The molecule has 4 heterocycles. The van der Waals surface area contributed by atoms with Crippen molar-refractivity contribution in [2.75, 3.05) is 25.1 Å². The van der Waals surface area contributed by atoms with Gasteiger partial charge in [0.15, 0.2) is 16.7 Å². The molecule has 0 spiro atoms. The Morgan fingerprint density at radius 1 is 1.11 bits per heavy atom. The lowest BCUT2D eigenvalue weighted by atomic mass is 10.0. The van der Waals surface area contributed by atoms with E-state index in [1.54, 1.807) is 36.9 Å². The standard InChI is InChI=1S/C19H20N4O3S/c1-5-20-6-2-15(1)26-16-11-17(25-13-14-3-8-24-9-4-14)18(22-12-16)23-19-21-7-10-27-19/h1-2,5-7,10-12,14H,3-4,8-9,13H2,(H,21,22,23). The molecule has 3 aromatic heterocycles. The fourth-order valence-corrected chi connectivity index (χ4v) is 3.26. The fourth-order valence-electron chi connectivity index (χ4n) is 2.74. The van der Waals surface area contributed by atoms with Gasteiger partial charge < -0.3 is 19.5 Å². The van der Waals surface area contributed by atoms with Crippen LogP contribution in [-0.4, -0.2) is 34.8 Å². The fraction of sp³-hybridized carbons (Fsp3) is 0.316. The van der Waals surface area contributed by atoms with Gasteiger partial charge in [-0.15, -0.1) is 11.3 Å². The third-order valence-electron chi connectivity index (χ3n) is 4.19. The highest BCUT2D eigenvalue weighted by Gasteiger charge is 2.17. The van der Waals surface area contributed by atoms with Crippen LogP contribution in [0.3, 0.4) is 0 Å². The van der Waals surface area contributed by atoms with Crippen molar-refractivity contribution in [1.29, 1.82) is 0 Å². The molecule has 0 radical (unpaired) electrons. The summed E-state index contributed by atoms with van der Waals surface area (Å²) in [6.07, 6.45) is 8.80. The van der Waals surface area contributed by atoms with Gasteiger partial charge in [0.25, 0.3) is 0 Å². The van der Waals surface area contributed by atoms with Gasteiger partial charge in [-0.3, -0.25) is 4.98 Å². The second-order valence-electron chi connectivity index (χ2n) is 6.13. The summed E-state index contributed by atoms with van der Waals surface area (Å²) in [5.41, 5.74) is 0. The molecule has 7 nitrogen and oxygen atoms in total. The van der Waals surface area contributed by atoms with Crippen LogP contribution in [0.4, 0.5) is 10.9 Å². The summed E-state index contributed by atoms with van der Waals surface area (Å²) in [6, 6.07) is 5.44. The molecule has 140 valence electrons. The molecule has 3 aromatic rings. The Labute approximate surface area is 161 Å². The number of rotatable bonds is 7. The van der Waals surface area contributed by atoms with E-state index in [0.717, 1.165) is 31.2 Å². The predicted octanol–water partition coefficient (Wildman–Crippen LogP) is 4.27. The van der Waals surface area contributed by atoms with E-state index < -0.39 is 0 Å². The third-order valence-corrected chi connectivity index (χ3v) is 4.87. The lowest BCUT2D eigenvalue weighted by Gasteiger charge is -2.22. The Morgan fingerprint density at radius 3 is 2.74 bits per heavy atom. The van der Waals surface area contributed by atoms with Gasteiger partial charge in [0.2, 0.25) is 0 Å². The Hall–Kier alpha value is -2.71. The first kappa shape index (κ1) is 17.7. The van der Waals surface area contributed by atoms with Gasteiger partial charge >= 0.3 is 0 Å². The zero-order valence-electron chi connectivity index (χ0n) is 14.7. The van der Waals surface area contributed by atoms with E-state index in [2.05, 4.69) is 20.3 Å². The van der Waals surface area contributed by atoms with E-state index >= 15 is 0 Å². The average Bonchev–Trinajstić information content (AvgIpc) is 3.23. The summed E-state index contributed by atoms with van der Waals surface area (Å²) in [6.45, 7) is 2.21. The minimum absolute atomic E-state index is 0.483. The van der Waals surface area contributed by atoms with Crippen LogP contribution in [0.15, 0.2) is 48.4 Å². The molecule has 1 saturated heterocycles. The minimum Gasteiger partial charge on any atom is -0.489 e. The number of hydrogen-bond donors (Lipinski definition) is 1. The summed E-state index contributed by atoms with van der Waals surface area (Å²) < 4.78 is 17.4. The zero-order chi connectivity index (χ0) is 18.3.